The molecule has 0 spiro atoms. The van der Waals surface area contributed by atoms with Crippen molar-refractivity contribution in [2.24, 2.45) is 5.92 Å². The van der Waals surface area contributed by atoms with Gasteiger partial charge in [-0.3, -0.25) is 19.2 Å². The maximum absolute atomic E-state index is 11.5. The molecule has 0 bridgehead atoms. The standard InChI is InChI=1S/C10H12O4.C9H10O4/c1-3-13-10(12)7(2)9(11)8-5-4-6-14-8;1-2-12-9(11)6-7(10)8-4-3-5-13-8/h4-7H,3H2,1-2H3;3-5H,2,6H2,1H3. The Labute approximate surface area is 156 Å². The van der Waals surface area contributed by atoms with Gasteiger partial charge in [0.1, 0.15) is 12.3 Å². The van der Waals surface area contributed by atoms with Crippen LogP contribution in [0.25, 0.3) is 0 Å². The highest BCUT2D eigenvalue weighted by atomic mass is 16.5. The monoisotopic (exact) mass is 378 g/mol. The van der Waals surface area contributed by atoms with Crippen molar-refractivity contribution < 1.29 is 37.5 Å². The Morgan fingerprint density at radius 3 is 1.96 bits per heavy atom. The first-order valence-corrected chi connectivity index (χ1v) is 8.37. The fraction of sp³-hybridized carbons (Fsp3) is 0.368. The Morgan fingerprint density at radius 2 is 1.48 bits per heavy atom. The van der Waals surface area contributed by atoms with Crippen molar-refractivity contribution in [2.75, 3.05) is 13.2 Å². The van der Waals surface area contributed by atoms with Crippen molar-refractivity contribution in [3.05, 3.63) is 48.3 Å². The van der Waals surface area contributed by atoms with Gasteiger partial charge < -0.3 is 18.3 Å². The van der Waals surface area contributed by atoms with E-state index in [1.807, 2.05) is 0 Å². The number of carbonyl (C=O) groups is 4. The highest BCUT2D eigenvalue weighted by Gasteiger charge is 2.25. The first kappa shape index (κ1) is 21.9. The third-order valence-corrected chi connectivity index (χ3v) is 3.20. The van der Waals surface area contributed by atoms with E-state index in [2.05, 4.69) is 4.74 Å². The summed E-state index contributed by atoms with van der Waals surface area (Å²) in [5, 5.41) is 0. The molecule has 0 fully saturated rings. The fourth-order valence-electron chi connectivity index (χ4n) is 1.87. The number of hydrogen-bond donors (Lipinski definition) is 0. The number of carbonyl (C=O) groups excluding carboxylic acids is 4. The Bertz CT molecular complexity index is 728. The van der Waals surface area contributed by atoms with Crippen LogP contribution in [-0.4, -0.2) is 36.7 Å². The molecule has 1 atom stereocenters. The molecule has 0 saturated carbocycles. The quantitative estimate of drug-likeness (QED) is 0.391. The summed E-state index contributed by atoms with van der Waals surface area (Å²) < 4.78 is 19.0. The number of hydrogen-bond acceptors (Lipinski definition) is 8. The number of ketones is 2. The molecule has 8 nitrogen and oxygen atoms in total. The smallest absolute Gasteiger partial charge is 0.316 e. The van der Waals surface area contributed by atoms with Crippen molar-refractivity contribution in [3.63, 3.8) is 0 Å². The molecule has 2 aromatic heterocycles. The third-order valence-electron chi connectivity index (χ3n) is 3.20. The highest BCUT2D eigenvalue weighted by molar-refractivity contribution is 6.06. The van der Waals surface area contributed by atoms with Gasteiger partial charge in [-0.25, -0.2) is 0 Å². The van der Waals surface area contributed by atoms with Crippen LogP contribution in [0.3, 0.4) is 0 Å². The summed E-state index contributed by atoms with van der Waals surface area (Å²) in [7, 11) is 0. The van der Waals surface area contributed by atoms with Gasteiger partial charge in [-0.1, -0.05) is 0 Å². The van der Waals surface area contributed by atoms with Crippen LogP contribution in [0.15, 0.2) is 45.6 Å². The fourth-order valence-corrected chi connectivity index (χ4v) is 1.87. The zero-order chi connectivity index (χ0) is 20.2. The second kappa shape index (κ2) is 11.5. The van der Waals surface area contributed by atoms with Gasteiger partial charge in [0.25, 0.3) is 0 Å². The second-order valence-corrected chi connectivity index (χ2v) is 5.20. The summed E-state index contributed by atoms with van der Waals surface area (Å²) >= 11 is 0. The summed E-state index contributed by atoms with van der Waals surface area (Å²) in [6.45, 7) is 5.44. The van der Waals surface area contributed by atoms with Crippen LogP contribution in [0.2, 0.25) is 0 Å². The molecule has 0 radical (unpaired) electrons. The van der Waals surface area contributed by atoms with Crippen LogP contribution in [0.1, 0.15) is 48.3 Å². The molecule has 0 aromatic carbocycles. The van der Waals surface area contributed by atoms with Gasteiger partial charge >= 0.3 is 11.9 Å². The van der Waals surface area contributed by atoms with E-state index in [1.54, 1.807) is 26.0 Å². The molecule has 8 heteroatoms. The molecular formula is C19H22O8. The van der Waals surface area contributed by atoms with Crippen molar-refractivity contribution in [1.82, 2.24) is 0 Å². The summed E-state index contributed by atoms with van der Waals surface area (Å²) in [6.07, 6.45) is 2.52. The van der Waals surface area contributed by atoms with E-state index in [1.165, 1.54) is 31.6 Å². The molecule has 27 heavy (non-hydrogen) atoms. The second-order valence-electron chi connectivity index (χ2n) is 5.20. The predicted molar refractivity (Wildman–Crippen MR) is 93.1 cm³/mol. The lowest BCUT2D eigenvalue weighted by Gasteiger charge is -2.06. The van der Waals surface area contributed by atoms with Gasteiger partial charge in [-0.05, 0) is 45.0 Å². The average Bonchev–Trinajstić information content (AvgIpc) is 3.35. The number of ether oxygens (including phenoxy) is 2. The predicted octanol–water partition coefficient (Wildman–Crippen LogP) is 3.08. The molecule has 0 saturated heterocycles. The maximum atomic E-state index is 11.5. The lowest BCUT2D eigenvalue weighted by atomic mass is 10.1. The van der Waals surface area contributed by atoms with E-state index in [4.69, 9.17) is 13.6 Å². The Morgan fingerprint density at radius 1 is 0.926 bits per heavy atom. The Balaban J connectivity index is 0.000000271. The Kier molecular flexibility index (Phi) is 9.28. The van der Waals surface area contributed by atoms with Crippen LogP contribution >= 0.6 is 0 Å². The molecule has 0 aliphatic rings. The van der Waals surface area contributed by atoms with Crippen LogP contribution in [-0.2, 0) is 19.1 Å². The minimum atomic E-state index is -0.805. The summed E-state index contributed by atoms with van der Waals surface area (Å²) in [6, 6.07) is 6.24. The normalized spacial score (nSPS) is 10.9. The molecule has 1 unspecified atom stereocenters. The average molecular weight is 378 g/mol. The van der Waals surface area contributed by atoms with E-state index in [9.17, 15) is 19.2 Å². The van der Waals surface area contributed by atoms with Crippen molar-refractivity contribution >= 4 is 23.5 Å². The lowest BCUT2D eigenvalue weighted by Crippen LogP contribution is -2.23. The number of rotatable bonds is 8. The molecule has 146 valence electrons. The lowest BCUT2D eigenvalue weighted by molar-refractivity contribution is -0.145. The molecule has 2 heterocycles. The third kappa shape index (κ3) is 7.31. The molecule has 0 aliphatic carbocycles. The van der Waals surface area contributed by atoms with Crippen molar-refractivity contribution in [3.8, 4) is 0 Å². The number of furan rings is 2. The first-order chi connectivity index (χ1) is 12.9. The SMILES string of the molecule is CCOC(=O)C(C)C(=O)c1ccco1.CCOC(=O)CC(=O)c1ccco1. The zero-order valence-electron chi connectivity index (χ0n) is 15.4. The van der Waals surface area contributed by atoms with Crippen molar-refractivity contribution in [2.45, 2.75) is 27.2 Å². The van der Waals surface area contributed by atoms with Gasteiger partial charge in [0.15, 0.2) is 11.5 Å². The maximum Gasteiger partial charge on any atom is 0.316 e. The molecule has 0 aliphatic heterocycles. The van der Waals surface area contributed by atoms with Crippen molar-refractivity contribution in [1.29, 1.82) is 0 Å². The van der Waals surface area contributed by atoms with Gasteiger partial charge in [-0.2, -0.15) is 0 Å². The zero-order valence-corrected chi connectivity index (χ0v) is 15.4. The van der Waals surface area contributed by atoms with Gasteiger partial charge in [0.2, 0.25) is 11.6 Å². The largest absolute Gasteiger partial charge is 0.466 e. The number of esters is 2. The Hall–Kier alpha value is -3.16. The first-order valence-electron chi connectivity index (χ1n) is 8.37. The van der Waals surface area contributed by atoms with Gasteiger partial charge in [0, 0.05) is 0 Å². The molecule has 0 amide bonds. The van der Waals surface area contributed by atoms with Crippen LogP contribution in [0.5, 0.6) is 0 Å². The van der Waals surface area contributed by atoms with Gasteiger partial charge in [-0.15, -0.1) is 0 Å². The molecule has 2 rings (SSSR count). The van der Waals surface area contributed by atoms with Crippen LogP contribution in [0.4, 0.5) is 0 Å². The van der Waals surface area contributed by atoms with E-state index >= 15 is 0 Å². The van der Waals surface area contributed by atoms with E-state index < -0.39 is 17.9 Å². The van der Waals surface area contributed by atoms with E-state index in [-0.39, 0.29) is 42.7 Å². The van der Waals surface area contributed by atoms with Crippen LogP contribution in [0, 0.1) is 5.92 Å². The minimum Gasteiger partial charge on any atom is -0.466 e. The molecule has 0 N–H and O–H groups in total. The van der Waals surface area contributed by atoms with E-state index in [0.717, 1.165) is 0 Å². The number of Topliss-reactive ketones (excluding diaryl/α,β-unsaturated/α-hetero) is 2. The molecule has 2 aromatic rings. The summed E-state index contributed by atoms with van der Waals surface area (Å²) in [5.41, 5.74) is 0. The minimum absolute atomic E-state index is 0.186. The van der Waals surface area contributed by atoms with E-state index in [0.29, 0.717) is 0 Å². The molecular weight excluding hydrogens is 356 g/mol. The van der Waals surface area contributed by atoms with Crippen LogP contribution < -0.4 is 0 Å². The van der Waals surface area contributed by atoms with Gasteiger partial charge in [0.05, 0.1) is 25.7 Å². The summed E-state index contributed by atoms with van der Waals surface area (Å²) in [4.78, 5) is 44.8. The topological polar surface area (TPSA) is 113 Å². The highest BCUT2D eigenvalue weighted by Crippen LogP contribution is 2.10. The summed E-state index contributed by atoms with van der Waals surface area (Å²) in [5.74, 6) is -2.19.